The molecule has 1 N–H and O–H groups in total. The summed E-state index contributed by atoms with van der Waals surface area (Å²) in [6.07, 6.45) is 3.52. The molecule has 0 saturated carbocycles. The second kappa shape index (κ2) is 7.60. The minimum absolute atomic E-state index is 0.225. The summed E-state index contributed by atoms with van der Waals surface area (Å²) in [5.74, 6) is -0.897. The van der Waals surface area contributed by atoms with E-state index in [9.17, 15) is 9.59 Å². The fraction of sp³-hybridized carbons (Fsp3) is 0.227. The van der Waals surface area contributed by atoms with E-state index in [1.54, 1.807) is 4.68 Å². The van der Waals surface area contributed by atoms with Crippen LogP contribution < -0.4 is 5.32 Å². The predicted octanol–water partition coefficient (Wildman–Crippen LogP) is 3.85. The lowest BCUT2D eigenvalue weighted by molar-refractivity contribution is -0.134. The lowest BCUT2D eigenvalue weighted by atomic mass is 9.88. The van der Waals surface area contributed by atoms with Crippen LogP contribution in [0.1, 0.15) is 35.6 Å². The topological polar surface area (TPSA) is 64.0 Å². The summed E-state index contributed by atoms with van der Waals surface area (Å²) in [5, 5.41) is 7.38. The van der Waals surface area contributed by atoms with Crippen molar-refractivity contribution in [1.82, 2.24) is 15.1 Å². The number of carbonyl (C=O) groups excluding carboxylic acids is 2. The number of hydrogen-bond acceptors (Lipinski definition) is 3. The van der Waals surface area contributed by atoms with Gasteiger partial charge in [-0.1, -0.05) is 54.1 Å². The molecular weight excluding hydrogens is 374 g/mol. The minimum atomic E-state index is -0.395. The van der Waals surface area contributed by atoms with Crippen molar-refractivity contribution < 1.29 is 9.59 Å². The van der Waals surface area contributed by atoms with Crippen molar-refractivity contribution in [2.24, 2.45) is 7.05 Å². The van der Waals surface area contributed by atoms with Crippen LogP contribution in [0.25, 0.3) is 11.1 Å². The third-order valence-electron chi connectivity index (χ3n) is 5.06. The van der Waals surface area contributed by atoms with Crippen molar-refractivity contribution >= 4 is 23.4 Å². The van der Waals surface area contributed by atoms with E-state index in [4.69, 9.17) is 11.6 Å². The third kappa shape index (κ3) is 3.71. The average molecular weight is 394 g/mol. The van der Waals surface area contributed by atoms with Crippen molar-refractivity contribution in [2.45, 2.75) is 25.2 Å². The number of aryl methyl sites for hydroxylation is 1. The summed E-state index contributed by atoms with van der Waals surface area (Å²) < 4.78 is 1.80. The number of benzene rings is 2. The molecule has 1 unspecified atom stereocenters. The molecule has 0 aliphatic carbocycles. The van der Waals surface area contributed by atoms with Crippen LogP contribution in [0.3, 0.4) is 0 Å². The highest BCUT2D eigenvalue weighted by molar-refractivity contribution is 6.34. The summed E-state index contributed by atoms with van der Waals surface area (Å²) in [4.78, 5) is 23.6. The lowest BCUT2D eigenvalue weighted by Gasteiger charge is -2.23. The standard InChI is InChI=1S/C22H20ClN3O2/c1-26-12-11-16(25-26)13-14-5-7-15(8-6-14)17-3-2-4-18(21(17)23)19-9-10-20(27)24-22(19)28/h2-8,11-12,19H,9-10,13H2,1H3,(H,24,27,28). The molecule has 1 aliphatic rings. The number of halogens is 1. The van der Waals surface area contributed by atoms with Crippen LogP contribution >= 0.6 is 11.6 Å². The van der Waals surface area contributed by atoms with Gasteiger partial charge in [0.15, 0.2) is 0 Å². The van der Waals surface area contributed by atoms with E-state index in [1.807, 2.05) is 49.6 Å². The van der Waals surface area contributed by atoms with Crippen LogP contribution in [-0.4, -0.2) is 21.6 Å². The molecule has 6 heteroatoms. The molecule has 1 fully saturated rings. The Hall–Kier alpha value is -2.92. The first kappa shape index (κ1) is 18.4. The van der Waals surface area contributed by atoms with Gasteiger partial charge in [0.2, 0.25) is 11.8 Å². The number of nitrogens with one attached hydrogen (secondary N) is 1. The second-order valence-corrected chi connectivity index (χ2v) is 7.44. The monoisotopic (exact) mass is 393 g/mol. The molecule has 2 aromatic carbocycles. The largest absolute Gasteiger partial charge is 0.296 e. The Balaban J connectivity index is 1.59. The first-order chi connectivity index (χ1) is 13.5. The van der Waals surface area contributed by atoms with Gasteiger partial charge in [0, 0.05) is 31.6 Å². The van der Waals surface area contributed by atoms with Crippen molar-refractivity contribution in [3.8, 4) is 11.1 Å². The second-order valence-electron chi connectivity index (χ2n) is 7.07. The van der Waals surface area contributed by atoms with Crippen LogP contribution in [0.4, 0.5) is 0 Å². The van der Waals surface area contributed by atoms with Gasteiger partial charge in [0.05, 0.1) is 16.6 Å². The van der Waals surface area contributed by atoms with Crippen molar-refractivity contribution in [3.05, 3.63) is 76.6 Å². The van der Waals surface area contributed by atoms with Crippen LogP contribution in [0.5, 0.6) is 0 Å². The molecule has 3 aromatic rings. The molecule has 142 valence electrons. The van der Waals surface area contributed by atoms with E-state index >= 15 is 0 Å². The van der Waals surface area contributed by atoms with Gasteiger partial charge < -0.3 is 0 Å². The van der Waals surface area contributed by atoms with Gasteiger partial charge in [-0.25, -0.2) is 0 Å². The van der Waals surface area contributed by atoms with Crippen molar-refractivity contribution in [1.29, 1.82) is 0 Å². The quantitative estimate of drug-likeness (QED) is 0.685. The number of nitrogens with zero attached hydrogens (tertiary/aromatic N) is 2. The SMILES string of the molecule is Cn1ccc(Cc2ccc(-c3cccc(C4CCC(=O)NC4=O)c3Cl)cc2)n1. The zero-order valence-corrected chi connectivity index (χ0v) is 16.2. The summed E-state index contributed by atoms with van der Waals surface area (Å²) in [5.41, 5.74) is 4.83. The first-order valence-corrected chi connectivity index (χ1v) is 9.59. The van der Waals surface area contributed by atoms with Crippen LogP contribution in [0.15, 0.2) is 54.7 Å². The number of hydrogen-bond donors (Lipinski definition) is 1. The van der Waals surface area contributed by atoms with Gasteiger partial charge in [-0.15, -0.1) is 0 Å². The maximum Gasteiger partial charge on any atom is 0.234 e. The molecule has 1 aliphatic heterocycles. The van der Waals surface area contributed by atoms with Crippen LogP contribution in [0.2, 0.25) is 5.02 Å². The zero-order chi connectivity index (χ0) is 19.7. The fourth-order valence-electron chi connectivity index (χ4n) is 3.60. The van der Waals surface area contributed by atoms with Crippen LogP contribution in [-0.2, 0) is 23.1 Å². The van der Waals surface area contributed by atoms with Gasteiger partial charge in [-0.3, -0.25) is 19.6 Å². The van der Waals surface area contributed by atoms with Gasteiger partial charge >= 0.3 is 0 Å². The summed E-state index contributed by atoms with van der Waals surface area (Å²) >= 11 is 6.67. The highest BCUT2D eigenvalue weighted by Gasteiger charge is 2.30. The lowest BCUT2D eigenvalue weighted by Crippen LogP contribution is -2.39. The van der Waals surface area contributed by atoms with E-state index in [1.165, 1.54) is 5.56 Å². The van der Waals surface area contributed by atoms with E-state index in [2.05, 4.69) is 22.5 Å². The molecule has 0 spiro atoms. The Kier molecular flexibility index (Phi) is 5.01. The molecule has 2 heterocycles. The maximum absolute atomic E-state index is 12.2. The van der Waals surface area contributed by atoms with Crippen molar-refractivity contribution in [2.75, 3.05) is 0 Å². The number of rotatable bonds is 4. The molecule has 1 aromatic heterocycles. The summed E-state index contributed by atoms with van der Waals surface area (Å²) in [6, 6.07) is 15.9. The van der Waals surface area contributed by atoms with Crippen LogP contribution in [0, 0.1) is 0 Å². The molecule has 1 saturated heterocycles. The maximum atomic E-state index is 12.2. The summed E-state index contributed by atoms with van der Waals surface area (Å²) in [6.45, 7) is 0. The highest BCUT2D eigenvalue weighted by atomic mass is 35.5. The van der Waals surface area contributed by atoms with Gasteiger partial charge in [0.25, 0.3) is 0 Å². The smallest absolute Gasteiger partial charge is 0.234 e. The van der Waals surface area contributed by atoms with Gasteiger partial charge in [-0.2, -0.15) is 5.10 Å². The van der Waals surface area contributed by atoms with Crippen molar-refractivity contribution in [3.63, 3.8) is 0 Å². The molecule has 1 atom stereocenters. The van der Waals surface area contributed by atoms with Gasteiger partial charge in [-0.05, 0) is 29.2 Å². The minimum Gasteiger partial charge on any atom is -0.296 e. The summed E-state index contributed by atoms with van der Waals surface area (Å²) in [7, 11) is 1.91. The molecule has 0 bridgehead atoms. The zero-order valence-electron chi connectivity index (χ0n) is 15.5. The number of piperidine rings is 1. The molecule has 2 amide bonds. The predicted molar refractivity (Wildman–Crippen MR) is 108 cm³/mol. The molecule has 0 radical (unpaired) electrons. The van der Waals surface area contributed by atoms with Gasteiger partial charge in [0.1, 0.15) is 0 Å². The Morgan fingerprint density at radius 2 is 1.93 bits per heavy atom. The number of aromatic nitrogens is 2. The Morgan fingerprint density at radius 1 is 1.14 bits per heavy atom. The number of amides is 2. The van der Waals surface area contributed by atoms with E-state index < -0.39 is 5.92 Å². The highest BCUT2D eigenvalue weighted by Crippen LogP contribution is 2.37. The molecular formula is C22H20ClN3O2. The normalized spacial score (nSPS) is 16.9. The van der Waals surface area contributed by atoms with E-state index in [-0.39, 0.29) is 11.8 Å². The number of imide groups is 1. The molecule has 5 nitrogen and oxygen atoms in total. The molecule has 4 rings (SSSR count). The van der Waals surface area contributed by atoms with E-state index in [0.717, 1.165) is 28.8 Å². The fourth-order valence-corrected chi connectivity index (χ4v) is 3.97. The Morgan fingerprint density at radius 3 is 2.61 bits per heavy atom. The molecule has 28 heavy (non-hydrogen) atoms. The number of carbonyl (C=O) groups is 2. The first-order valence-electron chi connectivity index (χ1n) is 9.21. The van der Waals surface area contributed by atoms with E-state index in [0.29, 0.717) is 17.9 Å². The third-order valence-corrected chi connectivity index (χ3v) is 5.48. The average Bonchev–Trinajstić information content (AvgIpc) is 3.08. The Labute approximate surface area is 168 Å². The Bertz CT molecular complexity index is 1040.